The van der Waals surface area contributed by atoms with Gasteiger partial charge in [0.05, 0.1) is 5.69 Å². The molecule has 0 aliphatic heterocycles. The Labute approximate surface area is 106 Å². The van der Waals surface area contributed by atoms with E-state index in [1.807, 2.05) is 0 Å². The van der Waals surface area contributed by atoms with Crippen LogP contribution in [0, 0.1) is 0 Å². The van der Waals surface area contributed by atoms with Crippen LogP contribution < -0.4 is 0 Å². The first-order chi connectivity index (χ1) is 8.93. The van der Waals surface area contributed by atoms with Crippen molar-refractivity contribution >= 4 is 21.7 Å². The molecule has 2 heteroatoms. The zero-order valence-corrected chi connectivity index (χ0v) is 10.2. The molecule has 1 aliphatic carbocycles. The van der Waals surface area contributed by atoms with Crippen LogP contribution in [0.5, 0.6) is 0 Å². The Morgan fingerprint density at radius 3 is 2.67 bits per heavy atom. The fraction of sp³-hybridized carbons (Fsp3) is 0.250. The van der Waals surface area contributed by atoms with Crippen molar-refractivity contribution in [3.8, 4) is 0 Å². The lowest BCUT2D eigenvalue weighted by Gasteiger charge is -2.16. The number of hydrogen-bond acceptors (Lipinski definition) is 2. The number of benzene rings is 2. The molecule has 0 radical (unpaired) electrons. The third-order valence-corrected chi connectivity index (χ3v) is 3.94. The maximum Gasteiger partial charge on any atom is 0.101 e. The van der Waals surface area contributed by atoms with Gasteiger partial charge in [-0.2, -0.15) is 5.10 Å². The van der Waals surface area contributed by atoms with Gasteiger partial charge in [0.1, 0.15) is 5.52 Å². The van der Waals surface area contributed by atoms with Crippen molar-refractivity contribution in [3.05, 3.63) is 47.7 Å². The van der Waals surface area contributed by atoms with Gasteiger partial charge in [0.15, 0.2) is 0 Å². The molecule has 0 saturated heterocycles. The van der Waals surface area contributed by atoms with E-state index in [9.17, 15) is 0 Å². The Hall–Kier alpha value is -1.96. The monoisotopic (exact) mass is 234 g/mol. The average molecular weight is 234 g/mol. The summed E-state index contributed by atoms with van der Waals surface area (Å²) in [6, 6.07) is 12.8. The van der Waals surface area contributed by atoms with Gasteiger partial charge in [0.25, 0.3) is 0 Å². The molecule has 4 rings (SSSR count). The first kappa shape index (κ1) is 10.0. The van der Waals surface area contributed by atoms with Crippen molar-refractivity contribution in [2.75, 3.05) is 0 Å². The van der Waals surface area contributed by atoms with Gasteiger partial charge in [0, 0.05) is 10.8 Å². The number of nitrogens with zero attached hydrogens (tertiary/aromatic N) is 2. The summed E-state index contributed by atoms with van der Waals surface area (Å²) in [7, 11) is 0. The van der Waals surface area contributed by atoms with Crippen molar-refractivity contribution in [1.82, 2.24) is 10.2 Å². The minimum Gasteiger partial charge on any atom is -0.155 e. The molecule has 1 aliphatic rings. The zero-order valence-electron chi connectivity index (χ0n) is 10.2. The summed E-state index contributed by atoms with van der Waals surface area (Å²) in [6.45, 7) is 0. The van der Waals surface area contributed by atoms with Gasteiger partial charge in [-0.25, -0.2) is 0 Å². The highest BCUT2D eigenvalue weighted by Gasteiger charge is 2.15. The van der Waals surface area contributed by atoms with Crippen LogP contribution in [0.1, 0.15) is 24.1 Å². The molecule has 1 aromatic heterocycles. The van der Waals surface area contributed by atoms with E-state index in [1.54, 1.807) is 0 Å². The molecule has 88 valence electrons. The highest BCUT2D eigenvalue weighted by Crippen LogP contribution is 2.30. The van der Waals surface area contributed by atoms with Crippen LogP contribution in [0.25, 0.3) is 21.7 Å². The van der Waals surface area contributed by atoms with Gasteiger partial charge in [0.2, 0.25) is 0 Å². The predicted molar refractivity (Wildman–Crippen MR) is 73.7 cm³/mol. The van der Waals surface area contributed by atoms with Gasteiger partial charge in [-0.05, 0) is 36.6 Å². The third kappa shape index (κ3) is 1.35. The molecule has 0 bridgehead atoms. The predicted octanol–water partition coefficient (Wildman–Crippen LogP) is 3.66. The van der Waals surface area contributed by atoms with Crippen LogP contribution in [0.3, 0.4) is 0 Å². The van der Waals surface area contributed by atoms with E-state index in [0.29, 0.717) is 0 Å². The minimum absolute atomic E-state index is 1.06. The van der Waals surface area contributed by atoms with Crippen LogP contribution in [0.15, 0.2) is 36.4 Å². The van der Waals surface area contributed by atoms with E-state index in [2.05, 4.69) is 46.6 Å². The third-order valence-electron chi connectivity index (χ3n) is 3.94. The van der Waals surface area contributed by atoms with Gasteiger partial charge in [-0.3, -0.25) is 0 Å². The zero-order chi connectivity index (χ0) is 11.9. The fourth-order valence-corrected chi connectivity index (χ4v) is 3.01. The Kier molecular flexibility index (Phi) is 2.10. The Bertz CT molecular complexity index is 747. The van der Waals surface area contributed by atoms with Crippen molar-refractivity contribution in [2.24, 2.45) is 0 Å². The Morgan fingerprint density at radius 1 is 0.778 bits per heavy atom. The molecular formula is C16H14N2. The summed E-state index contributed by atoms with van der Waals surface area (Å²) in [6.07, 6.45) is 4.77. The van der Waals surface area contributed by atoms with Gasteiger partial charge >= 0.3 is 0 Å². The summed E-state index contributed by atoms with van der Waals surface area (Å²) < 4.78 is 0. The van der Waals surface area contributed by atoms with E-state index >= 15 is 0 Å². The van der Waals surface area contributed by atoms with Crippen LogP contribution in [0.4, 0.5) is 0 Å². The molecule has 2 aromatic carbocycles. The van der Waals surface area contributed by atoms with Gasteiger partial charge < -0.3 is 0 Å². The lowest BCUT2D eigenvalue weighted by Crippen LogP contribution is -2.07. The average Bonchev–Trinajstić information content (AvgIpc) is 2.46. The van der Waals surface area contributed by atoms with E-state index in [-0.39, 0.29) is 0 Å². The normalized spacial score (nSPS) is 14.9. The summed E-state index contributed by atoms with van der Waals surface area (Å²) in [5.74, 6) is 0. The van der Waals surface area contributed by atoms with E-state index in [1.165, 1.54) is 40.3 Å². The van der Waals surface area contributed by atoms with Crippen LogP contribution in [-0.4, -0.2) is 10.2 Å². The molecule has 1 heterocycles. The van der Waals surface area contributed by atoms with Crippen molar-refractivity contribution < 1.29 is 0 Å². The first-order valence-electron chi connectivity index (χ1n) is 6.59. The van der Waals surface area contributed by atoms with Gasteiger partial charge in [-0.1, -0.05) is 36.4 Å². The Morgan fingerprint density at radius 2 is 1.67 bits per heavy atom. The molecule has 0 atom stereocenters. The number of aryl methyl sites for hydroxylation is 2. The molecule has 0 unspecified atom stereocenters. The molecule has 0 amide bonds. The molecule has 3 aromatic rings. The van der Waals surface area contributed by atoms with Crippen LogP contribution in [-0.2, 0) is 12.8 Å². The molecule has 0 N–H and O–H groups in total. The molecule has 0 spiro atoms. The quantitative estimate of drug-likeness (QED) is 0.555. The highest BCUT2D eigenvalue weighted by atomic mass is 15.1. The van der Waals surface area contributed by atoms with Crippen molar-refractivity contribution in [1.29, 1.82) is 0 Å². The standard InChI is InChI=1S/C16H14N2/c1-2-6-12-11(5-1)9-10-14-13-7-3-4-8-15(13)17-18-16(12)14/h1-2,5-6,9-10H,3-4,7-8H2. The van der Waals surface area contributed by atoms with Gasteiger partial charge in [-0.15, -0.1) is 5.10 Å². The summed E-state index contributed by atoms with van der Waals surface area (Å²) >= 11 is 0. The van der Waals surface area contributed by atoms with Crippen LogP contribution in [0.2, 0.25) is 0 Å². The highest BCUT2D eigenvalue weighted by molar-refractivity contribution is 6.06. The van der Waals surface area contributed by atoms with E-state index in [0.717, 1.165) is 18.4 Å². The number of aromatic nitrogens is 2. The molecule has 0 fully saturated rings. The Balaban J connectivity index is 2.15. The number of fused-ring (bicyclic) bond motifs is 5. The van der Waals surface area contributed by atoms with E-state index < -0.39 is 0 Å². The summed E-state index contributed by atoms with van der Waals surface area (Å²) in [5, 5.41) is 12.7. The largest absolute Gasteiger partial charge is 0.155 e. The first-order valence-corrected chi connectivity index (χ1v) is 6.59. The maximum absolute atomic E-state index is 4.47. The second kappa shape index (κ2) is 3.77. The summed E-state index contributed by atoms with van der Waals surface area (Å²) in [5.41, 5.74) is 3.70. The maximum atomic E-state index is 4.47. The lowest BCUT2D eigenvalue weighted by atomic mass is 9.92. The van der Waals surface area contributed by atoms with Crippen LogP contribution >= 0.6 is 0 Å². The summed E-state index contributed by atoms with van der Waals surface area (Å²) in [4.78, 5) is 0. The lowest BCUT2D eigenvalue weighted by molar-refractivity contribution is 0.662. The second-order valence-corrected chi connectivity index (χ2v) is 5.02. The SMILES string of the molecule is c1ccc2c(c1)ccc1c3c(nnc12)CCCC3. The molecular weight excluding hydrogens is 220 g/mol. The van der Waals surface area contributed by atoms with E-state index in [4.69, 9.17) is 0 Å². The molecule has 2 nitrogen and oxygen atoms in total. The topological polar surface area (TPSA) is 25.8 Å². The number of hydrogen-bond donors (Lipinski definition) is 0. The fourth-order valence-electron chi connectivity index (χ4n) is 3.01. The minimum atomic E-state index is 1.06. The smallest absolute Gasteiger partial charge is 0.101 e. The molecule has 0 saturated carbocycles. The second-order valence-electron chi connectivity index (χ2n) is 5.02. The van der Waals surface area contributed by atoms with Crippen molar-refractivity contribution in [3.63, 3.8) is 0 Å². The number of rotatable bonds is 0. The molecule has 18 heavy (non-hydrogen) atoms. The van der Waals surface area contributed by atoms with Crippen molar-refractivity contribution in [2.45, 2.75) is 25.7 Å².